The van der Waals surface area contributed by atoms with Crippen molar-refractivity contribution in [1.29, 1.82) is 0 Å². The van der Waals surface area contributed by atoms with Crippen LogP contribution in [0.25, 0.3) is 0 Å². The van der Waals surface area contributed by atoms with Gasteiger partial charge >= 0.3 is 0 Å². The van der Waals surface area contributed by atoms with Crippen LogP contribution in [-0.4, -0.2) is 39.8 Å². The largest absolute Gasteiger partial charge is 0.376 e. The fraction of sp³-hybridized carbons (Fsp3) is 0.909. The van der Waals surface area contributed by atoms with E-state index in [-0.39, 0.29) is 0 Å². The number of nitrogens with zero attached hydrogens (tertiary/aromatic N) is 1. The molecule has 3 atom stereocenters. The van der Waals surface area contributed by atoms with E-state index in [0.29, 0.717) is 6.10 Å². The third-order valence-electron chi connectivity index (χ3n) is 3.73. The number of thiocarbonyl (C=S) groups is 1. The van der Waals surface area contributed by atoms with E-state index in [4.69, 9.17) is 17.0 Å². The Morgan fingerprint density at radius 1 is 1.33 bits per heavy atom. The summed E-state index contributed by atoms with van der Waals surface area (Å²) < 4.78 is 6.83. The lowest BCUT2D eigenvalue weighted by atomic mass is 10.2. The molecule has 3 aliphatic rings. The maximum absolute atomic E-state index is 5.70. The predicted molar refractivity (Wildman–Crippen MR) is 67.3 cm³/mol. The van der Waals surface area contributed by atoms with Gasteiger partial charge in [0.15, 0.2) is 0 Å². The summed E-state index contributed by atoms with van der Waals surface area (Å²) in [5.74, 6) is 0. The predicted octanol–water partition coefficient (Wildman–Crippen LogP) is 2.42. The molecule has 0 aromatic heterocycles. The maximum atomic E-state index is 5.70. The van der Waals surface area contributed by atoms with Crippen LogP contribution in [0.4, 0.5) is 0 Å². The molecular formula is C11H17NOS2. The van der Waals surface area contributed by atoms with Crippen LogP contribution in [0.3, 0.4) is 0 Å². The zero-order valence-corrected chi connectivity index (χ0v) is 10.5. The van der Waals surface area contributed by atoms with Crippen molar-refractivity contribution in [3.05, 3.63) is 0 Å². The van der Waals surface area contributed by atoms with Gasteiger partial charge in [-0.2, -0.15) is 0 Å². The number of thioether (sulfide) groups is 1. The topological polar surface area (TPSA) is 12.5 Å². The van der Waals surface area contributed by atoms with Crippen LogP contribution in [0.2, 0.25) is 0 Å². The first-order chi connectivity index (χ1) is 7.34. The molecule has 2 nitrogen and oxygen atoms in total. The SMILES string of the molecule is S=C1S[C@H]2CCC[C@H]2N1C[C@@H]1CCCO1. The summed E-state index contributed by atoms with van der Waals surface area (Å²) in [5.41, 5.74) is 0. The van der Waals surface area contributed by atoms with Gasteiger partial charge in [-0.1, -0.05) is 30.4 Å². The standard InChI is InChI=1S/C11H17NOS2/c14-11-12(7-8-3-2-6-13-8)9-4-1-5-10(9)15-11/h8-10H,1-7H2/t8-,9+,10-/m0/s1. The lowest BCUT2D eigenvalue weighted by Crippen LogP contribution is -2.39. The van der Waals surface area contributed by atoms with Crippen molar-refractivity contribution < 1.29 is 4.74 Å². The molecule has 0 unspecified atom stereocenters. The summed E-state index contributed by atoms with van der Waals surface area (Å²) in [5, 5.41) is 0.791. The molecule has 0 amide bonds. The molecule has 84 valence electrons. The highest BCUT2D eigenvalue weighted by Gasteiger charge is 2.42. The fourth-order valence-corrected chi connectivity index (χ4v) is 4.86. The van der Waals surface area contributed by atoms with Crippen LogP contribution in [0.15, 0.2) is 0 Å². The molecule has 0 N–H and O–H groups in total. The van der Waals surface area contributed by atoms with Crippen LogP contribution < -0.4 is 0 Å². The number of rotatable bonds is 2. The van der Waals surface area contributed by atoms with Gasteiger partial charge in [-0.15, -0.1) is 0 Å². The molecule has 1 saturated carbocycles. The van der Waals surface area contributed by atoms with E-state index < -0.39 is 0 Å². The van der Waals surface area contributed by atoms with Gasteiger partial charge in [0, 0.05) is 24.4 Å². The van der Waals surface area contributed by atoms with Gasteiger partial charge in [0.2, 0.25) is 0 Å². The maximum Gasteiger partial charge on any atom is 0.137 e. The van der Waals surface area contributed by atoms with Gasteiger partial charge in [-0.25, -0.2) is 0 Å². The molecule has 3 fully saturated rings. The lowest BCUT2D eigenvalue weighted by Gasteiger charge is -2.27. The molecule has 0 radical (unpaired) electrons. The van der Waals surface area contributed by atoms with E-state index in [9.17, 15) is 0 Å². The number of hydrogen-bond donors (Lipinski definition) is 0. The van der Waals surface area contributed by atoms with E-state index in [1.807, 2.05) is 11.8 Å². The summed E-state index contributed by atoms with van der Waals surface area (Å²) in [6.07, 6.45) is 6.98. The lowest BCUT2D eigenvalue weighted by molar-refractivity contribution is 0.0858. The van der Waals surface area contributed by atoms with E-state index in [0.717, 1.165) is 28.8 Å². The molecule has 0 bridgehead atoms. The quantitative estimate of drug-likeness (QED) is 0.690. The van der Waals surface area contributed by atoms with Crippen LogP contribution in [0.5, 0.6) is 0 Å². The Morgan fingerprint density at radius 3 is 3.07 bits per heavy atom. The van der Waals surface area contributed by atoms with E-state index in [1.54, 1.807) is 0 Å². The third-order valence-corrected chi connectivity index (χ3v) is 5.54. The van der Waals surface area contributed by atoms with Gasteiger partial charge in [-0.3, -0.25) is 0 Å². The van der Waals surface area contributed by atoms with Crippen molar-refractivity contribution in [3.8, 4) is 0 Å². The highest BCUT2D eigenvalue weighted by atomic mass is 32.2. The number of hydrogen-bond acceptors (Lipinski definition) is 3. The second-order valence-electron chi connectivity index (χ2n) is 4.71. The van der Waals surface area contributed by atoms with Crippen molar-refractivity contribution in [2.45, 2.75) is 49.5 Å². The van der Waals surface area contributed by atoms with Gasteiger partial charge < -0.3 is 9.64 Å². The summed E-state index contributed by atoms with van der Waals surface area (Å²) in [4.78, 5) is 2.45. The Labute approximate surface area is 101 Å². The monoisotopic (exact) mass is 243 g/mol. The van der Waals surface area contributed by atoms with E-state index >= 15 is 0 Å². The van der Waals surface area contributed by atoms with Crippen LogP contribution >= 0.6 is 24.0 Å². The summed E-state index contributed by atoms with van der Waals surface area (Å²) >= 11 is 7.39. The minimum Gasteiger partial charge on any atom is -0.376 e. The highest BCUT2D eigenvalue weighted by Crippen LogP contribution is 2.42. The van der Waals surface area contributed by atoms with Gasteiger partial charge in [0.1, 0.15) is 4.32 Å². The minimum absolute atomic E-state index is 0.447. The molecule has 0 aromatic carbocycles. The van der Waals surface area contributed by atoms with E-state index in [2.05, 4.69) is 4.90 Å². The van der Waals surface area contributed by atoms with Crippen molar-refractivity contribution in [1.82, 2.24) is 4.90 Å². The first-order valence-electron chi connectivity index (χ1n) is 5.93. The van der Waals surface area contributed by atoms with Crippen molar-refractivity contribution >= 4 is 28.3 Å². The first-order valence-corrected chi connectivity index (χ1v) is 7.22. The zero-order valence-electron chi connectivity index (χ0n) is 8.85. The van der Waals surface area contributed by atoms with Crippen molar-refractivity contribution in [3.63, 3.8) is 0 Å². The van der Waals surface area contributed by atoms with Crippen molar-refractivity contribution in [2.75, 3.05) is 13.2 Å². The molecule has 15 heavy (non-hydrogen) atoms. The normalized spacial score (nSPS) is 40.1. The van der Waals surface area contributed by atoms with Crippen LogP contribution in [0.1, 0.15) is 32.1 Å². The zero-order chi connectivity index (χ0) is 10.3. The average molecular weight is 243 g/mol. The number of fused-ring (bicyclic) bond motifs is 1. The molecule has 2 saturated heterocycles. The van der Waals surface area contributed by atoms with E-state index in [1.165, 1.54) is 32.1 Å². The first kappa shape index (κ1) is 10.4. The van der Waals surface area contributed by atoms with Gasteiger partial charge in [-0.05, 0) is 25.7 Å². The molecule has 0 spiro atoms. The smallest absolute Gasteiger partial charge is 0.137 e. The van der Waals surface area contributed by atoms with Crippen molar-refractivity contribution in [2.24, 2.45) is 0 Å². The molecule has 3 rings (SSSR count). The Morgan fingerprint density at radius 2 is 2.27 bits per heavy atom. The molecule has 0 aromatic rings. The van der Waals surface area contributed by atoms with Gasteiger partial charge in [0.25, 0.3) is 0 Å². The number of ether oxygens (including phenoxy) is 1. The molecule has 2 heterocycles. The highest BCUT2D eigenvalue weighted by molar-refractivity contribution is 8.23. The second kappa shape index (κ2) is 4.22. The van der Waals surface area contributed by atoms with Crippen LogP contribution in [-0.2, 0) is 4.74 Å². The van der Waals surface area contributed by atoms with Gasteiger partial charge in [0.05, 0.1) is 6.10 Å². The summed E-state index contributed by atoms with van der Waals surface area (Å²) in [7, 11) is 0. The molecule has 2 aliphatic heterocycles. The Hall–Kier alpha value is 0.200. The second-order valence-corrected chi connectivity index (χ2v) is 6.58. The summed E-state index contributed by atoms with van der Waals surface area (Å²) in [6.45, 7) is 2.00. The third kappa shape index (κ3) is 1.92. The molecular weight excluding hydrogens is 226 g/mol. The molecule has 1 aliphatic carbocycles. The fourth-order valence-electron chi connectivity index (χ4n) is 2.95. The minimum atomic E-state index is 0.447. The summed E-state index contributed by atoms with van der Waals surface area (Å²) in [6, 6.07) is 0.728. The average Bonchev–Trinajstić information content (AvgIpc) is 2.86. The Kier molecular flexibility index (Phi) is 2.92. The Bertz CT molecular complexity index is 265. The van der Waals surface area contributed by atoms with Crippen LogP contribution in [0, 0.1) is 0 Å². The molecule has 4 heteroatoms. The Balaban J connectivity index is 1.65.